The van der Waals surface area contributed by atoms with Crippen LogP contribution in [0.15, 0.2) is 23.6 Å². The van der Waals surface area contributed by atoms with Gasteiger partial charge in [0.05, 0.1) is 6.20 Å². The molecule has 0 saturated carbocycles. The average molecular weight is 166 g/mol. The van der Waals surface area contributed by atoms with Crippen molar-refractivity contribution in [3.05, 3.63) is 24.3 Å². The van der Waals surface area contributed by atoms with Gasteiger partial charge in [-0.15, -0.1) is 0 Å². The van der Waals surface area contributed by atoms with E-state index in [1.54, 1.807) is 0 Å². The molecule has 62 valence electrons. The maximum Gasteiger partial charge on any atom is 0.433 e. The molecule has 0 aromatic carbocycles. The van der Waals surface area contributed by atoms with Crippen LogP contribution in [-0.2, 0) is 0 Å². The van der Waals surface area contributed by atoms with Gasteiger partial charge in [0.25, 0.3) is 0 Å². The van der Waals surface area contributed by atoms with Gasteiger partial charge >= 0.3 is 6.09 Å². The first kappa shape index (κ1) is 8.12. The highest BCUT2D eigenvalue weighted by atomic mass is 16.4. The van der Waals surface area contributed by atoms with Crippen LogP contribution in [-0.4, -0.2) is 27.0 Å². The molecule has 0 saturated heterocycles. The number of nitrogens with zero attached hydrogens (tertiary/aromatic N) is 3. The molecular weight excluding hydrogens is 160 g/mol. The summed E-state index contributed by atoms with van der Waals surface area (Å²) < 4.78 is 0. The van der Waals surface area contributed by atoms with Crippen LogP contribution < -0.4 is 5.73 Å². The van der Waals surface area contributed by atoms with E-state index in [1.807, 2.05) is 0 Å². The van der Waals surface area contributed by atoms with E-state index in [9.17, 15) is 4.79 Å². The van der Waals surface area contributed by atoms with Gasteiger partial charge in [0, 0.05) is 12.4 Å². The monoisotopic (exact) mass is 166 g/mol. The average Bonchev–Trinajstić information content (AvgIpc) is 2.05. The number of amides is 1. The third kappa shape index (κ3) is 2.01. The van der Waals surface area contributed by atoms with Gasteiger partial charge in [0.2, 0.25) is 0 Å². The molecular formula is C6H6N4O2. The molecule has 0 aliphatic rings. The zero-order valence-electron chi connectivity index (χ0n) is 6.01. The van der Waals surface area contributed by atoms with Crippen molar-refractivity contribution in [1.29, 1.82) is 0 Å². The molecule has 1 aromatic rings. The van der Waals surface area contributed by atoms with Gasteiger partial charge in [-0.2, -0.15) is 4.99 Å². The van der Waals surface area contributed by atoms with Crippen LogP contribution in [0.25, 0.3) is 0 Å². The van der Waals surface area contributed by atoms with Crippen LogP contribution in [0, 0.1) is 0 Å². The van der Waals surface area contributed by atoms with Crippen molar-refractivity contribution in [3.63, 3.8) is 0 Å². The summed E-state index contributed by atoms with van der Waals surface area (Å²) in [6.07, 6.45) is 2.84. The van der Waals surface area contributed by atoms with E-state index in [0.717, 1.165) is 0 Å². The van der Waals surface area contributed by atoms with E-state index < -0.39 is 6.09 Å². The standard InChI is InChI=1S/C6H6N4O2/c7-5(10-6(11)12)4-3-8-1-2-9-4/h1-3H,(H2,7,10)(H,11,12). The van der Waals surface area contributed by atoms with Crippen molar-refractivity contribution in [1.82, 2.24) is 9.97 Å². The first-order chi connectivity index (χ1) is 5.70. The second-order valence-electron chi connectivity index (χ2n) is 1.87. The van der Waals surface area contributed by atoms with Crippen LogP contribution in [0.5, 0.6) is 0 Å². The summed E-state index contributed by atoms with van der Waals surface area (Å²) in [5, 5.41) is 8.23. The van der Waals surface area contributed by atoms with Crippen molar-refractivity contribution in [2.75, 3.05) is 0 Å². The molecule has 3 N–H and O–H groups in total. The number of hydrogen-bond donors (Lipinski definition) is 2. The lowest BCUT2D eigenvalue weighted by Gasteiger charge is -1.94. The first-order valence-corrected chi connectivity index (χ1v) is 3.03. The van der Waals surface area contributed by atoms with E-state index in [0.29, 0.717) is 0 Å². The second kappa shape index (κ2) is 3.42. The van der Waals surface area contributed by atoms with Crippen LogP contribution in [0.2, 0.25) is 0 Å². The van der Waals surface area contributed by atoms with Crippen LogP contribution >= 0.6 is 0 Å². The molecule has 6 heteroatoms. The molecule has 12 heavy (non-hydrogen) atoms. The molecule has 0 unspecified atom stereocenters. The fourth-order valence-electron chi connectivity index (χ4n) is 0.592. The summed E-state index contributed by atoms with van der Waals surface area (Å²) in [5.74, 6) is -0.157. The van der Waals surface area contributed by atoms with E-state index in [-0.39, 0.29) is 11.5 Å². The number of aromatic nitrogens is 2. The van der Waals surface area contributed by atoms with Crippen molar-refractivity contribution in [2.45, 2.75) is 0 Å². The zero-order chi connectivity index (χ0) is 8.97. The molecule has 0 aliphatic heterocycles. The van der Waals surface area contributed by atoms with Crippen molar-refractivity contribution >= 4 is 11.9 Å². The van der Waals surface area contributed by atoms with Gasteiger partial charge in [0.1, 0.15) is 5.69 Å². The number of carbonyl (C=O) groups is 1. The minimum Gasteiger partial charge on any atom is -0.463 e. The summed E-state index contributed by atoms with van der Waals surface area (Å²) in [5.41, 5.74) is 5.51. The number of hydrogen-bond acceptors (Lipinski definition) is 3. The molecule has 1 aromatic heterocycles. The van der Waals surface area contributed by atoms with Crippen LogP contribution in [0.4, 0.5) is 4.79 Å². The van der Waals surface area contributed by atoms with Crippen molar-refractivity contribution < 1.29 is 9.90 Å². The lowest BCUT2D eigenvalue weighted by atomic mass is 10.4. The third-order valence-corrected chi connectivity index (χ3v) is 1.04. The molecule has 0 atom stereocenters. The molecule has 0 fully saturated rings. The molecule has 0 aliphatic carbocycles. The summed E-state index contributed by atoms with van der Waals surface area (Å²) in [7, 11) is 0. The first-order valence-electron chi connectivity index (χ1n) is 3.03. The van der Waals surface area contributed by atoms with Gasteiger partial charge in [0.15, 0.2) is 5.84 Å². The second-order valence-corrected chi connectivity index (χ2v) is 1.87. The number of nitrogens with two attached hydrogens (primary N) is 1. The Hall–Kier alpha value is -1.98. The Morgan fingerprint density at radius 2 is 2.33 bits per heavy atom. The van der Waals surface area contributed by atoms with Crippen LogP contribution in [0.3, 0.4) is 0 Å². The predicted octanol–water partition coefficient (Wildman–Crippen LogP) is -0.140. The Morgan fingerprint density at radius 1 is 1.58 bits per heavy atom. The molecule has 6 nitrogen and oxygen atoms in total. The maximum absolute atomic E-state index is 10.1. The fourth-order valence-corrected chi connectivity index (χ4v) is 0.592. The number of amidine groups is 1. The highest BCUT2D eigenvalue weighted by Gasteiger charge is 2.00. The van der Waals surface area contributed by atoms with E-state index >= 15 is 0 Å². The van der Waals surface area contributed by atoms with Crippen LogP contribution in [0.1, 0.15) is 5.69 Å². The van der Waals surface area contributed by atoms with Gasteiger partial charge in [-0.05, 0) is 0 Å². The quantitative estimate of drug-likeness (QED) is 0.446. The molecule has 0 spiro atoms. The Kier molecular flexibility index (Phi) is 2.32. The summed E-state index contributed by atoms with van der Waals surface area (Å²) in [6.45, 7) is 0. The van der Waals surface area contributed by atoms with E-state index in [4.69, 9.17) is 10.8 Å². The molecule has 0 bridgehead atoms. The molecule has 1 rings (SSSR count). The number of aliphatic imine (C=N–C) groups is 1. The fraction of sp³-hybridized carbons (Fsp3) is 0. The summed E-state index contributed by atoms with van der Waals surface area (Å²) in [6, 6.07) is 0. The Bertz CT molecular complexity index is 309. The lowest BCUT2D eigenvalue weighted by Crippen LogP contribution is -2.16. The third-order valence-electron chi connectivity index (χ3n) is 1.04. The maximum atomic E-state index is 10.1. The van der Waals surface area contributed by atoms with Crippen molar-refractivity contribution in [3.8, 4) is 0 Å². The molecule has 1 heterocycles. The highest BCUT2D eigenvalue weighted by molar-refractivity contribution is 6.00. The minimum absolute atomic E-state index is 0.157. The van der Waals surface area contributed by atoms with Gasteiger partial charge in [-0.25, -0.2) is 9.78 Å². The van der Waals surface area contributed by atoms with Gasteiger partial charge < -0.3 is 10.8 Å². The zero-order valence-corrected chi connectivity index (χ0v) is 6.01. The smallest absolute Gasteiger partial charge is 0.433 e. The Labute approximate surface area is 67.8 Å². The van der Waals surface area contributed by atoms with Gasteiger partial charge in [-0.1, -0.05) is 0 Å². The Morgan fingerprint density at radius 3 is 2.83 bits per heavy atom. The largest absolute Gasteiger partial charge is 0.463 e. The van der Waals surface area contributed by atoms with Gasteiger partial charge in [-0.3, -0.25) is 4.98 Å². The lowest BCUT2D eigenvalue weighted by molar-refractivity contribution is 0.205. The Balaban J connectivity index is 2.93. The molecule has 1 amide bonds. The summed E-state index contributed by atoms with van der Waals surface area (Å²) >= 11 is 0. The number of carboxylic acid groups (broad SMARTS) is 1. The predicted molar refractivity (Wildman–Crippen MR) is 40.8 cm³/mol. The normalized spacial score (nSPS) is 11.2. The van der Waals surface area contributed by atoms with E-state index in [2.05, 4.69) is 15.0 Å². The SMILES string of the molecule is NC(=NC(=O)O)c1cnccn1. The summed E-state index contributed by atoms with van der Waals surface area (Å²) in [4.78, 5) is 20.6. The van der Waals surface area contributed by atoms with Crippen molar-refractivity contribution in [2.24, 2.45) is 10.7 Å². The molecule has 0 radical (unpaired) electrons. The number of rotatable bonds is 1. The minimum atomic E-state index is -1.35. The topological polar surface area (TPSA) is 101 Å². The highest BCUT2D eigenvalue weighted by Crippen LogP contribution is 1.89. The van der Waals surface area contributed by atoms with E-state index in [1.165, 1.54) is 18.6 Å².